The highest BCUT2D eigenvalue weighted by Crippen LogP contribution is 2.18. The van der Waals surface area contributed by atoms with E-state index in [2.05, 4.69) is 36.5 Å². The van der Waals surface area contributed by atoms with Gasteiger partial charge in [0, 0.05) is 19.3 Å². The molecule has 27 heavy (non-hydrogen) atoms. The van der Waals surface area contributed by atoms with Crippen molar-refractivity contribution in [3.63, 3.8) is 0 Å². The van der Waals surface area contributed by atoms with Gasteiger partial charge < -0.3 is 19.5 Å². The number of ether oxygens (including phenoxy) is 3. The second-order valence-electron chi connectivity index (χ2n) is 6.63. The topological polar surface area (TPSA) is 39.7 Å². The Kier molecular flexibility index (Phi) is 10.2. The van der Waals surface area contributed by atoms with Gasteiger partial charge in [0.2, 0.25) is 0 Å². The summed E-state index contributed by atoms with van der Waals surface area (Å²) in [5.41, 5.74) is 2.30. The number of methoxy groups -OCH3 is 1. The van der Waals surface area contributed by atoms with Crippen LogP contribution in [0.5, 0.6) is 11.5 Å². The van der Waals surface area contributed by atoms with Crippen LogP contribution in [0, 0.1) is 0 Å². The molecule has 0 spiro atoms. The molecule has 4 heteroatoms. The Hall–Kier alpha value is -2.20. The van der Waals surface area contributed by atoms with Crippen molar-refractivity contribution in [2.24, 2.45) is 0 Å². The molecule has 2 rings (SSSR count). The standard InChI is InChI=1S/C23H33NO3/c1-3-4-5-6-7-16-26-23-14-10-21(11-15-23)24-19-20-8-12-22(13-9-20)27-18-17-25-2/h8-15,24H,3-7,16-19H2,1-2H3. The molecule has 0 aliphatic rings. The largest absolute Gasteiger partial charge is 0.494 e. The van der Waals surface area contributed by atoms with Gasteiger partial charge >= 0.3 is 0 Å². The van der Waals surface area contributed by atoms with Gasteiger partial charge in [0.25, 0.3) is 0 Å². The molecule has 0 aromatic heterocycles. The molecule has 0 amide bonds. The molecule has 4 nitrogen and oxygen atoms in total. The van der Waals surface area contributed by atoms with E-state index in [0.717, 1.165) is 36.8 Å². The fraction of sp³-hybridized carbons (Fsp3) is 0.478. The summed E-state index contributed by atoms with van der Waals surface area (Å²) in [6, 6.07) is 16.3. The van der Waals surface area contributed by atoms with Crippen molar-refractivity contribution in [3.8, 4) is 11.5 Å². The van der Waals surface area contributed by atoms with Gasteiger partial charge in [-0.1, -0.05) is 44.7 Å². The smallest absolute Gasteiger partial charge is 0.119 e. The van der Waals surface area contributed by atoms with Crippen LogP contribution < -0.4 is 14.8 Å². The predicted molar refractivity (Wildman–Crippen MR) is 112 cm³/mol. The van der Waals surface area contributed by atoms with Gasteiger partial charge in [0.15, 0.2) is 0 Å². The Balaban J connectivity index is 1.67. The van der Waals surface area contributed by atoms with Crippen molar-refractivity contribution in [1.29, 1.82) is 0 Å². The van der Waals surface area contributed by atoms with Gasteiger partial charge in [-0.15, -0.1) is 0 Å². The normalized spacial score (nSPS) is 10.6. The molecular weight excluding hydrogens is 338 g/mol. The molecule has 0 radical (unpaired) electrons. The van der Waals surface area contributed by atoms with E-state index in [1.165, 1.54) is 31.2 Å². The average molecular weight is 372 g/mol. The number of unbranched alkanes of at least 4 members (excludes halogenated alkanes) is 4. The van der Waals surface area contributed by atoms with Crippen molar-refractivity contribution in [2.75, 3.05) is 32.2 Å². The monoisotopic (exact) mass is 371 g/mol. The van der Waals surface area contributed by atoms with Crippen LogP contribution in [0.1, 0.15) is 44.6 Å². The average Bonchev–Trinajstić information content (AvgIpc) is 2.71. The van der Waals surface area contributed by atoms with E-state index in [4.69, 9.17) is 14.2 Å². The summed E-state index contributed by atoms with van der Waals surface area (Å²) in [4.78, 5) is 0. The lowest BCUT2D eigenvalue weighted by atomic mass is 10.2. The van der Waals surface area contributed by atoms with Crippen LogP contribution in [0.3, 0.4) is 0 Å². The summed E-state index contributed by atoms with van der Waals surface area (Å²) in [7, 11) is 1.67. The highest BCUT2D eigenvalue weighted by molar-refractivity contribution is 5.47. The van der Waals surface area contributed by atoms with Gasteiger partial charge in [0.05, 0.1) is 13.2 Å². The summed E-state index contributed by atoms with van der Waals surface area (Å²) >= 11 is 0. The molecule has 0 bridgehead atoms. The predicted octanol–water partition coefficient (Wildman–Crippen LogP) is 5.67. The van der Waals surface area contributed by atoms with Crippen LogP contribution in [-0.4, -0.2) is 26.9 Å². The Morgan fingerprint density at radius 3 is 2.00 bits per heavy atom. The molecule has 0 aliphatic carbocycles. The summed E-state index contributed by atoms with van der Waals surface area (Å²) < 4.78 is 16.4. The van der Waals surface area contributed by atoms with E-state index in [1.807, 2.05) is 24.3 Å². The summed E-state index contributed by atoms with van der Waals surface area (Å²) in [6.07, 6.45) is 6.30. The van der Waals surface area contributed by atoms with Gasteiger partial charge in [-0.25, -0.2) is 0 Å². The second-order valence-corrected chi connectivity index (χ2v) is 6.63. The molecule has 0 unspecified atom stereocenters. The highest BCUT2D eigenvalue weighted by Gasteiger charge is 1.99. The third-order valence-corrected chi connectivity index (χ3v) is 4.35. The van der Waals surface area contributed by atoms with E-state index < -0.39 is 0 Å². The molecule has 2 aromatic carbocycles. The zero-order valence-corrected chi connectivity index (χ0v) is 16.7. The fourth-order valence-electron chi connectivity index (χ4n) is 2.72. The molecular formula is C23H33NO3. The first-order valence-electron chi connectivity index (χ1n) is 9.99. The third-order valence-electron chi connectivity index (χ3n) is 4.35. The van der Waals surface area contributed by atoms with Crippen molar-refractivity contribution >= 4 is 5.69 Å². The van der Waals surface area contributed by atoms with Crippen LogP contribution in [0.25, 0.3) is 0 Å². The third kappa shape index (κ3) is 8.83. The Morgan fingerprint density at radius 2 is 1.33 bits per heavy atom. The fourth-order valence-corrected chi connectivity index (χ4v) is 2.72. The van der Waals surface area contributed by atoms with Gasteiger partial charge in [-0.05, 0) is 48.4 Å². The second kappa shape index (κ2) is 13.0. The minimum Gasteiger partial charge on any atom is -0.494 e. The van der Waals surface area contributed by atoms with Gasteiger partial charge in [-0.2, -0.15) is 0 Å². The van der Waals surface area contributed by atoms with E-state index in [9.17, 15) is 0 Å². The number of benzene rings is 2. The van der Waals surface area contributed by atoms with Crippen LogP contribution in [-0.2, 0) is 11.3 Å². The van der Waals surface area contributed by atoms with Crippen molar-refractivity contribution in [1.82, 2.24) is 0 Å². The molecule has 148 valence electrons. The zero-order chi connectivity index (χ0) is 19.2. The molecule has 0 saturated heterocycles. The van der Waals surface area contributed by atoms with Gasteiger partial charge in [-0.3, -0.25) is 0 Å². The highest BCUT2D eigenvalue weighted by atomic mass is 16.5. The lowest BCUT2D eigenvalue weighted by Gasteiger charge is -2.10. The zero-order valence-electron chi connectivity index (χ0n) is 16.7. The molecule has 0 saturated carbocycles. The lowest BCUT2D eigenvalue weighted by molar-refractivity contribution is 0.146. The number of rotatable bonds is 14. The first kappa shape index (κ1) is 21.1. The SMILES string of the molecule is CCCCCCCOc1ccc(NCc2ccc(OCCOC)cc2)cc1. The Morgan fingerprint density at radius 1 is 0.704 bits per heavy atom. The summed E-state index contributed by atoms with van der Waals surface area (Å²) in [6.45, 7) is 4.98. The van der Waals surface area contributed by atoms with E-state index in [0.29, 0.717) is 13.2 Å². The molecule has 1 N–H and O–H groups in total. The number of anilines is 1. The van der Waals surface area contributed by atoms with Crippen LogP contribution in [0.15, 0.2) is 48.5 Å². The molecule has 2 aromatic rings. The van der Waals surface area contributed by atoms with E-state index >= 15 is 0 Å². The minimum absolute atomic E-state index is 0.571. The summed E-state index contributed by atoms with van der Waals surface area (Å²) in [5, 5.41) is 3.43. The van der Waals surface area contributed by atoms with Gasteiger partial charge in [0.1, 0.15) is 18.1 Å². The maximum Gasteiger partial charge on any atom is 0.119 e. The maximum absolute atomic E-state index is 5.81. The van der Waals surface area contributed by atoms with Crippen molar-refractivity contribution in [3.05, 3.63) is 54.1 Å². The Bertz CT molecular complexity index is 611. The number of hydrogen-bond acceptors (Lipinski definition) is 4. The van der Waals surface area contributed by atoms with Crippen molar-refractivity contribution < 1.29 is 14.2 Å². The quantitative estimate of drug-likeness (QED) is 0.434. The first-order valence-corrected chi connectivity index (χ1v) is 9.99. The molecule has 0 heterocycles. The van der Waals surface area contributed by atoms with Crippen LogP contribution in [0.4, 0.5) is 5.69 Å². The van der Waals surface area contributed by atoms with Crippen LogP contribution >= 0.6 is 0 Å². The number of nitrogens with one attached hydrogen (secondary N) is 1. The number of hydrogen-bond donors (Lipinski definition) is 1. The molecule has 0 atom stereocenters. The van der Waals surface area contributed by atoms with E-state index in [-0.39, 0.29) is 0 Å². The van der Waals surface area contributed by atoms with Crippen molar-refractivity contribution in [2.45, 2.75) is 45.6 Å². The summed E-state index contributed by atoms with van der Waals surface area (Å²) in [5.74, 6) is 1.81. The van der Waals surface area contributed by atoms with E-state index in [1.54, 1.807) is 7.11 Å². The van der Waals surface area contributed by atoms with Crippen LogP contribution in [0.2, 0.25) is 0 Å². The minimum atomic E-state index is 0.571. The molecule has 0 fully saturated rings. The maximum atomic E-state index is 5.81. The molecule has 0 aliphatic heterocycles. The lowest BCUT2D eigenvalue weighted by Crippen LogP contribution is -2.04. The Labute approximate surface area is 163 Å². The first-order chi connectivity index (χ1) is 13.3.